The molecule has 0 aromatic carbocycles. The Morgan fingerprint density at radius 3 is 2.92 bits per heavy atom. The van der Waals surface area contributed by atoms with Crippen molar-refractivity contribution in [2.24, 2.45) is 0 Å². The number of hydrogen-bond donors (Lipinski definition) is 0. The van der Waals surface area contributed by atoms with Crippen LogP contribution in [-0.4, -0.2) is 42.9 Å². The molecule has 0 saturated carbocycles. The van der Waals surface area contributed by atoms with E-state index >= 15 is 0 Å². The fraction of sp³-hybridized carbons (Fsp3) is 0.353. The van der Waals surface area contributed by atoms with Gasteiger partial charge in [-0.05, 0) is 31.5 Å². The number of nitrogens with zero attached hydrogens (tertiary/aromatic N) is 6. The second kappa shape index (κ2) is 7.11. The molecule has 0 aliphatic carbocycles. The third-order valence-corrected chi connectivity index (χ3v) is 5.11. The molecule has 3 aromatic heterocycles. The summed E-state index contributed by atoms with van der Waals surface area (Å²) in [5.41, 5.74) is 2.23. The molecule has 0 radical (unpaired) electrons. The first-order valence-corrected chi connectivity index (χ1v) is 8.96. The maximum absolute atomic E-state index is 4.70. The minimum atomic E-state index is 0.484. The minimum absolute atomic E-state index is 0.484. The van der Waals surface area contributed by atoms with Gasteiger partial charge in [0.05, 0.1) is 5.69 Å². The maximum atomic E-state index is 4.70. The van der Waals surface area contributed by atoms with Crippen molar-refractivity contribution in [3.05, 3.63) is 53.8 Å². The zero-order valence-corrected chi connectivity index (χ0v) is 14.1. The van der Waals surface area contributed by atoms with Crippen LogP contribution >= 0.6 is 11.3 Å². The van der Waals surface area contributed by atoms with Crippen molar-refractivity contribution in [3.63, 3.8) is 0 Å². The number of rotatable bonds is 4. The summed E-state index contributed by atoms with van der Waals surface area (Å²) in [5.74, 6) is 1.18. The van der Waals surface area contributed by atoms with Gasteiger partial charge in [-0.2, -0.15) is 0 Å². The lowest BCUT2D eigenvalue weighted by atomic mass is 9.94. The highest BCUT2D eigenvalue weighted by atomic mass is 32.1. The lowest BCUT2D eigenvalue weighted by Crippen LogP contribution is -2.34. The molecule has 6 nitrogen and oxygen atoms in total. The highest BCUT2D eigenvalue weighted by molar-refractivity contribution is 7.13. The first-order chi connectivity index (χ1) is 11.9. The van der Waals surface area contributed by atoms with E-state index in [1.165, 1.54) is 12.8 Å². The van der Waals surface area contributed by atoms with Crippen molar-refractivity contribution in [3.8, 4) is 10.8 Å². The van der Waals surface area contributed by atoms with Crippen LogP contribution < -0.4 is 0 Å². The Kier molecular flexibility index (Phi) is 4.53. The molecule has 1 atom stereocenters. The zero-order chi connectivity index (χ0) is 16.2. The average molecular weight is 338 g/mol. The molecule has 1 saturated heterocycles. The van der Waals surface area contributed by atoms with Crippen LogP contribution in [-0.2, 0) is 6.54 Å². The van der Waals surface area contributed by atoms with Crippen molar-refractivity contribution >= 4 is 11.3 Å². The van der Waals surface area contributed by atoms with Crippen LogP contribution in [0.4, 0.5) is 0 Å². The van der Waals surface area contributed by atoms with E-state index in [0.717, 1.165) is 36.0 Å². The summed E-state index contributed by atoms with van der Waals surface area (Å²) in [7, 11) is 0. The molecule has 0 N–H and O–H groups in total. The van der Waals surface area contributed by atoms with E-state index in [4.69, 9.17) is 4.98 Å². The second-order valence-corrected chi connectivity index (χ2v) is 6.78. The van der Waals surface area contributed by atoms with Crippen LogP contribution in [0.25, 0.3) is 10.8 Å². The molecule has 0 bridgehead atoms. The highest BCUT2D eigenvalue weighted by Gasteiger charge is 2.23. The highest BCUT2D eigenvalue weighted by Crippen LogP contribution is 2.27. The lowest BCUT2D eigenvalue weighted by molar-refractivity contribution is 0.197. The summed E-state index contributed by atoms with van der Waals surface area (Å²) >= 11 is 1.61. The Hall–Kier alpha value is -2.25. The first kappa shape index (κ1) is 15.3. The van der Waals surface area contributed by atoms with Gasteiger partial charge in [0, 0.05) is 48.7 Å². The Bertz CT molecular complexity index is 776. The molecule has 1 fully saturated rings. The Labute approximate surface area is 144 Å². The van der Waals surface area contributed by atoms with Gasteiger partial charge in [0.2, 0.25) is 0 Å². The smallest absolute Gasteiger partial charge is 0.188 e. The molecule has 4 rings (SSSR count). The van der Waals surface area contributed by atoms with Crippen molar-refractivity contribution in [2.75, 3.05) is 13.1 Å². The molecular formula is C17H18N6S. The number of likely N-dealkylation sites (tertiary alicyclic amines) is 1. The van der Waals surface area contributed by atoms with Crippen LogP contribution in [0.2, 0.25) is 0 Å². The van der Waals surface area contributed by atoms with E-state index in [0.29, 0.717) is 11.7 Å². The van der Waals surface area contributed by atoms with Crippen molar-refractivity contribution in [2.45, 2.75) is 25.3 Å². The zero-order valence-electron chi connectivity index (χ0n) is 13.2. The van der Waals surface area contributed by atoms with E-state index < -0.39 is 0 Å². The maximum Gasteiger partial charge on any atom is 0.188 e. The SMILES string of the molecule is c1cnc(-c2nc(CN3CCCC(c4ccncn4)C3)cs2)nc1. The fourth-order valence-electron chi connectivity index (χ4n) is 3.10. The molecule has 4 heterocycles. The first-order valence-electron chi connectivity index (χ1n) is 8.08. The predicted molar refractivity (Wildman–Crippen MR) is 92.4 cm³/mol. The van der Waals surface area contributed by atoms with Gasteiger partial charge < -0.3 is 0 Å². The molecule has 1 unspecified atom stereocenters. The van der Waals surface area contributed by atoms with Gasteiger partial charge >= 0.3 is 0 Å². The monoisotopic (exact) mass is 338 g/mol. The van der Waals surface area contributed by atoms with Gasteiger partial charge in [0.25, 0.3) is 0 Å². The molecule has 24 heavy (non-hydrogen) atoms. The number of hydrogen-bond acceptors (Lipinski definition) is 7. The van der Waals surface area contributed by atoms with E-state index in [1.807, 2.05) is 18.3 Å². The van der Waals surface area contributed by atoms with Crippen LogP contribution in [0.1, 0.15) is 30.1 Å². The van der Waals surface area contributed by atoms with Crippen LogP contribution in [0.5, 0.6) is 0 Å². The molecule has 122 valence electrons. The van der Waals surface area contributed by atoms with Gasteiger partial charge in [-0.1, -0.05) is 0 Å². The summed E-state index contributed by atoms with van der Waals surface area (Å²) in [6.07, 6.45) is 9.34. The Balaban J connectivity index is 1.43. The average Bonchev–Trinajstić information content (AvgIpc) is 3.12. The molecule has 3 aromatic rings. The van der Waals surface area contributed by atoms with Crippen molar-refractivity contribution < 1.29 is 0 Å². The third kappa shape index (κ3) is 3.47. The quantitative estimate of drug-likeness (QED) is 0.729. The number of aromatic nitrogens is 5. The van der Waals surface area contributed by atoms with Crippen LogP contribution in [0.15, 0.2) is 42.4 Å². The molecule has 0 spiro atoms. The van der Waals surface area contributed by atoms with Crippen molar-refractivity contribution in [1.29, 1.82) is 0 Å². The molecule has 0 amide bonds. The second-order valence-electron chi connectivity index (χ2n) is 5.92. The summed E-state index contributed by atoms with van der Waals surface area (Å²) < 4.78 is 0. The summed E-state index contributed by atoms with van der Waals surface area (Å²) in [6, 6.07) is 3.85. The summed E-state index contributed by atoms with van der Waals surface area (Å²) in [4.78, 5) is 24.1. The standard InChI is InChI=1S/C17H18N6S/c1-3-13(15-4-7-18-12-21-15)9-23(8-1)10-14-11-24-17(22-14)16-19-5-2-6-20-16/h2,4-7,11-13H,1,3,8-10H2. The van der Waals surface area contributed by atoms with E-state index in [2.05, 4.69) is 30.2 Å². The van der Waals surface area contributed by atoms with Gasteiger partial charge in [0.1, 0.15) is 6.33 Å². The molecule has 1 aliphatic rings. The Morgan fingerprint density at radius 2 is 2.08 bits per heavy atom. The van der Waals surface area contributed by atoms with Gasteiger partial charge in [-0.25, -0.2) is 24.9 Å². The number of piperidine rings is 1. The lowest BCUT2D eigenvalue weighted by Gasteiger charge is -2.31. The van der Waals surface area contributed by atoms with Gasteiger partial charge in [-0.15, -0.1) is 11.3 Å². The molecular weight excluding hydrogens is 320 g/mol. The minimum Gasteiger partial charge on any atom is -0.297 e. The fourth-order valence-corrected chi connectivity index (χ4v) is 3.86. The molecule has 7 heteroatoms. The van der Waals surface area contributed by atoms with E-state index in [9.17, 15) is 0 Å². The van der Waals surface area contributed by atoms with E-state index in [-0.39, 0.29) is 0 Å². The molecule has 1 aliphatic heterocycles. The Morgan fingerprint density at radius 1 is 1.17 bits per heavy atom. The van der Waals surface area contributed by atoms with Gasteiger partial charge in [0.15, 0.2) is 10.8 Å². The number of thiazole rings is 1. The summed E-state index contributed by atoms with van der Waals surface area (Å²) in [6.45, 7) is 2.99. The van der Waals surface area contributed by atoms with Gasteiger partial charge in [-0.3, -0.25) is 4.90 Å². The predicted octanol–water partition coefficient (Wildman–Crippen LogP) is 2.77. The normalized spacial score (nSPS) is 18.6. The third-order valence-electron chi connectivity index (χ3n) is 4.22. The van der Waals surface area contributed by atoms with Crippen LogP contribution in [0, 0.1) is 0 Å². The topological polar surface area (TPSA) is 67.7 Å². The van der Waals surface area contributed by atoms with Crippen LogP contribution in [0.3, 0.4) is 0 Å². The van der Waals surface area contributed by atoms with Crippen molar-refractivity contribution in [1.82, 2.24) is 29.8 Å². The van der Waals surface area contributed by atoms with E-state index in [1.54, 1.807) is 30.1 Å². The largest absolute Gasteiger partial charge is 0.297 e. The summed E-state index contributed by atoms with van der Waals surface area (Å²) in [5, 5.41) is 3.00.